The molecule has 0 radical (unpaired) electrons. The van der Waals surface area contributed by atoms with Crippen molar-refractivity contribution in [3.63, 3.8) is 0 Å². The lowest BCUT2D eigenvalue weighted by molar-refractivity contribution is -0.116. The quantitative estimate of drug-likeness (QED) is 0.550. The van der Waals surface area contributed by atoms with Gasteiger partial charge >= 0.3 is 0 Å². The second kappa shape index (κ2) is 9.58. The summed E-state index contributed by atoms with van der Waals surface area (Å²) >= 11 is 0. The van der Waals surface area contributed by atoms with Gasteiger partial charge in [-0.2, -0.15) is 0 Å². The lowest BCUT2D eigenvalue weighted by atomic mass is 9.81. The van der Waals surface area contributed by atoms with Crippen molar-refractivity contribution in [1.29, 1.82) is 0 Å². The highest BCUT2D eigenvalue weighted by Crippen LogP contribution is 2.29. The summed E-state index contributed by atoms with van der Waals surface area (Å²) in [6.07, 6.45) is 19.8. The number of hydrogen-bond acceptors (Lipinski definition) is 1. The second-order valence-electron chi connectivity index (χ2n) is 6.51. The van der Waals surface area contributed by atoms with E-state index in [1.807, 2.05) is 0 Å². The normalized spacial score (nSPS) is 24.7. The molecule has 0 amide bonds. The maximum absolute atomic E-state index is 11.3. The van der Waals surface area contributed by atoms with Crippen LogP contribution in [0.4, 0.5) is 0 Å². The van der Waals surface area contributed by atoms with Crippen molar-refractivity contribution in [2.75, 3.05) is 0 Å². The van der Waals surface area contributed by atoms with Gasteiger partial charge in [0.1, 0.15) is 6.29 Å². The molecule has 0 aliphatic heterocycles. The Hall–Kier alpha value is -0.330. The molecule has 0 unspecified atom stereocenters. The average Bonchev–Trinajstić information content (AvgIpc) is 2.39. The summed E-state index contributed by atoms with van der Waals surface area (Å²) in [6.45, 7) is 2.16. The summed E-state index contributed by atoms with van der Waals surface area (Å²) in [7, 11) is 0. The van der Waals surface area contributed by atoms with Crippen molar-refractivity contribution in [2.24, 2.45) is 5.41 Å². The fourth-order valence-corrected chi connectivity index (χ4v) is 3.07. The fourth-order valence-electron chi connectivity index (χ4n) is 3.07. The van der Waals surface area contributed by atoms with Gasteiger partial charge in [-0.25, -0.2) is 0 Å². The van der Waals surface area contributed by atoms with Gasteiger partial charge in [0, 0.05) is 5.41 Å². The summed E-state index contributed by atoms with van der Waals surface area (Å²) in [5.74, 6) is 0. The molecule has 0 aromatic heterocycles. The summed E-state index contributed by atoms with van der Waals surface area (Å²) in [5, 5.41) is 0. The Morgan fingerprint density at radius 2 is 0.889 bits per heavy atom. The number of hydrogen-bond donors (Lipinski definition) is 0. The van der Waals surface area contributed by atoms with Crippen LogP contribution >= 0.6 is 0 Å². The molecule has 1 saturated carbocycles. The average molecular weight is 252 g/mol. The minimum Gasteiger partial charge on any atom is -0.303 e. The molecule has 0 aromatic carbocycles. The molecule has 1 aliphatic rings. The van der Waals surface area contributed by atoms with Crippen molar-refractivity contribution < 1.29 is 4.79 Å². The highest BCUT2D eigenvalue weighted by Gasteiger charge is 2.22. The van der Waals surface area contributed by atoms with Gasteiger partial charge in [-0.3, -0.25) is 0 Å². The summed E-state index contributed by atoms with van der Waals surface area (Å²) < 4.78 is 0. The maximum Gasteiger partial charge on any atom is 0.125 e. The molecule has 1 aliphatic carbocycles. The Labute approximate surface area is 114 Å². The molecule has 18 heavy (non-hydrogen) atoms. The van der Waals surface area contributed by atoms with Crippen LogP contribution in [-0.2, 0) is 4.79 Å². The van der Waals surface area contributed by atoms with Crippen LogP contribution in [0.1, 0.15) is 96.8 Å². The third-order valence-corrected chi connectivity index (χ3v) is 4.53. The summed E-state index contributed by atoms with van der Waals surface area (Å²) in [6, 6.07) is 0. The molecule has 1 rings (SSSR count). The standard InChI is InChI=1S/C17H32O/c1-17(16-18)14-12-10-8-6-4-2-3-5-7-9-11-13-15-17/h16H,2-15H2,1H3. The van der Waals surface area contributed by atoms with Crippen LogP contribution in [-0.4, -0.2) is 6.29 Å². The van der Waals surface area contributed by atoms with Crippen LogP contribution in [0.25, 0.3) is 0 Å². The van der Waals surface area contributed by atoms with E-state index in [2.05, 4.69) is 6.92 Å². The van der Waals surface area contributed by atoms with Crippen molar-refractivity contribution in [1.82, 2.24) is 0 Å². The first kappa shape index (κ1) is 15.7. The van der Waals surface area contributed by atoms with Gasteiger partial charge in [0.05, 0.1) is 0 Å². The monoisotopic (exact) mass is 252 g/mol. The maximum atomic E-state index is 11.3. The van der Waals surface area contributed by atoms with Crippen molar-refractivity contribution in [3.05, 3.63) is 0 Å². The number of carbonyl (C=O) groups excluding carboxylic acids is 1. The van der Waals surface area contributed by atoms with Crippen molar-refractivity contribution in [2.45, 2.75) is 96.8 Å². The Bertz CT molecular complexity index is 194. The third-order valence-electron chi connectivity index (χ3n) is 4.53. The first-order valence-corrected chi connectivity index (χ1v) is 8.23. The van der Waals surface area contributed by atoms with E-state index in [1.165, 1.54) is 83.3 Å². The lowest BCUT2D eigenvalue weighted by Gasteiger charge is -2.22. The molecule has 1 nitrogen and oxygen atoms in total. The van der Waals surface area contributed by atoms with Crippen LogP contribution in [0, 0.1) is 5.41 Å². The van der Waals surface area contributed by atoms with Gasteiger partial charge in [0.15, 0.2) is 0 Å². The molecule has 1 heteroatoms. The molecule has 0 saturated heterocycles. The van der Waals surface area contributed by atoms with Crippen LogP contribution in [0.3, 0.4) is 0 Å². The SMILES string of the molecule is CC1(C=O)CCCCCCCCCCCCCC1. The smallest absolute Gasteiger partial charge is 0.125 e. The highest BCUT2D eigenvalue weighted by atomic mass is 16.1. The molecule has 0 aromatic rings. The summed E-state index contributed by atoms with van der Waals surface area (Å²) in [5.41, 5.74) is -0.0276. The van der Waals surface area contributed by atoms with Gasteiger partial charge in [0.25, 0.3) is 0 Å². The van der Waals surface area contributed by atoms with E-state index in [1.54, 1.807) is 0 Å². The number of carbonyl (C=O) groups is 1. The first-order chi connectivity index (χ1) is 8.77. The van der Waals surface area contributed by atoms with Gasteiger partial charge < -0.3 is 4.79 Å². The van der Waals surface area contributed by atoms with Gasteiger partial charge in [-0.15, -0.1) is 0 Å². The summed E-state index contributed by atoms with van der Waals surface area (Å²) in [4.78, 5) is 11.3. The van der Waals surface area contributed by atoms with E-state index in [9.17, 15) is 4.79 Å². The van der Waals surface area contributed by atoms with E-state index < -0.39 is 0 Å². The fraction of sp³-hybridized carbons (Fsp3) is 0.941. The predicted molar refractivity (Wildman–Crippen MR) is 78.8 cm³/mol. The van der Waals surface area contributed by atoms with Crippen molar-refractivity contribution >= 4 is 6.29 Å². The molecule has 0 spiro atoms. The largest absolute Gasteiger partial charge is 0.303 e. The van der Waals surface area contributed by atoms with Crippen LogP contribution in [0.15, 0.2) is 0 Å². The van der Waals surface area contributed by atoms with E-state index in [-0.39, 0.29) is 5.41 Å². The Morgan fingerprint density at radius 1 is 0.611 bits per heavy atom. The third kappa shape index (κ3) is 7.18. The molecule has 0 bridgehead atoms. The molecular formula is C17H32O. The van der Waals surface area contributed by atoms with Gasteiger partial charge in [-0.1, -0.05) is 84.0 Å². The Kier molecular flexibility index (Phi) is 8.37. The molecule has 1 fully saturated rings. The Morgan fingerprint density at radius 3 is 1.17 bits per heavy atom. The second-order valence-corrected chi connectivity index (χ2v) is 6.51. The van der Waals surface area contributed by atoms with Crippen molar-refractivity contribution in [3.8, 4) is 0 Å². The van der Waals surface area contributed by atoms with E-state index in [0.717, 1.165) is 12.8 Å². The topological polar surface area (TPSA) is 17.1 Å². The van der Waals surface area contributed by atoms with E-state index in [0.29, 0.717) is 0 Å². The molecular weight excluding hydrogens is 220 g/mol. The number of aldehydes is 1. The van der Waals surface area contributed by atoms with Gasteiger partial charge in [0.2, 0.25) is 0 Å². The number of rotatable bonds is 1. The van der Waals surface area contributed by atoms with E-state index in [4.69, 9.17) is 0 Å². The minimum atomic E-state index is -0.0276. The molecule has 0 atom stereocenters. The first-order valence-electron chi connectivity index (χ1n) is 8.23. The van der Waals surface area contributed by atoms with Crippen LogP contribution in [0.5, 0.6) is 0 Å². The Balaban J connectivity index is 2.31. The molecule has 0 N–H and O–H groups in total. The molecule has 0 heterocycles. The van der Waals surface area contributed by atoms with Crippen LogP contribution < -0.4 is 0 Å². The van der Waals surface area contributed by atoms with Gasteiger partial charge in [-0.05, 0) is 12.8 Å². The minimum absolute atomic E-state index is 0.0276. The van der Waals surface area contributed by atoms with Crippen LogP contribution in [0.2, 0.25) is 0 Å². The molecule has 106 valence electrons. The predicted octanol–water partition coefficient (Wildman–Crippen LogP) is 5.67. The van der Waals surface area contributed by atoms with E-state index >= 15 is 0 Å². The lowest BCUT2D eigenvalue weighted by Crippen LogP contribution is -2.18. The zero-order valence-electron chi connectivity index (χ0n) is 12.4. The highest BCUT2D eigenvalue weighted by molar-refractivity contribution is 5.58. The zero-order chi connectivity index (χ0) is 13.1. The zero-order valence-corrected chi connectivity index (χ0v) is 12.4.